The van der Waals surface area contributed by atoms with Gasteiger partial charge in [0.2, 0.25) is 0 Å². The molecule has 0 saturated carbocycles. The lowest BCUT2D eigenvalue weighted by Gasteiger charge is -2.18. The van der Waals surface area contributed by atoms with E-state index >= 15 is 0 Å². The van der Waals surface area contributed by atoms with E-state index in [9.17, 15) is 26.4 Å². The van der Waals surface area contributed by atoms with Gasteiger partial charge in [0.05, 0.1) is 16.1 Å². The molecule has 1 aliphatic rings. The highest BCUT2D eigenvalue weighted by Crippen LogP contribution is 2.37. The van der Waals surface area contributed by atoms with Crippen LogP contribution in [0.3, 0.4) is 0 Å². The number of carbonyl (C=O) groups is 1. The van der Waals surface area contributed by atoms with Gasteiger partial charge >= 0.3 is 6.18 Å². The molecule has 29 heavy (non-hydrogen) atoms. The number of hydrogen-bond acceptors (Lipinski definition) is 3. The zero-order chi connectivity index (χ0) is 21.4. The standard InChI is InChI=1S/C19H18ClF3N2O3S/c1-12-4-6-14(11-15(12)18(26)25-8-2-3-9-25)29(27,28)24-17-7-5-13(20)10-16(17)19(21,22)23/h4-7,10-11,24H,2-3,8-9H2,1H3. The van der Waals surface area contributed by atoms with Crippen molar-refractivity contribution in [3.8, 4) is 0 Å². The molecule has 156 valence electrons. The summed E-state index contributed by atoms with van der Waals surface area (Å²) < 4.78 is 67.2. The van der Waals surface area contributed by atoms with Gasteiger partial charge in [-0.25, -0.2) is 8.42 Å². The Kier molecular flexibility index (Phi) is 5.82. The van der Waals surface area contributed by atoms with Crippen molar-refractivity contribution in [2.24, 2.45) is 0 Å². The van der Waals surface area contributed by atoms with Gasteiger partial charge in [-0.15, -0.1) is 0 Å². The molecule has 5 nitrogen and oxygen atoms in total. The maximum absolute atomic E-state index is 13.3. The first-order valence-corrected chi connectivity index (χ1v) is 10.6. The number of aryl methyl sites for hydroxylation is 1. The maximum atomic E-state index is 13.3. The molecular weight excluding hydrogens is 429 g/mol. The minimum Gasteiger partial charge on any atom is -0.339 e. The summed E-state index contributed by atoms with van der Waals surface area (Å²) in [5.74, 6) is -0.292. The number of benzene rings is 2. The van der Waals surface area contributed by atoms with E-state index in [-0.39, 0.29) is 21.4 Å². The van der Waals surface area contributed by atoms with E-state index in [4.69, 9.17) is 11.6 Å². The number of carbonyl (C=O) groups excluding carboxylic acids is 1. The average Bonchev–Trinajstić information content (AvgIpc) is 3.16. The van der Waals surface area contributed by atoms with Crippen molar-refractivity contribution < 1.29 is 26.4 Å². The number of rotatable bonds is 4. The molecule has 10 heteroatoms. The number of likely N-dealkylation sites (tertiary alicyclic amines) is 1. The molecule has 1 amide bonds. The van der Waals surface area contributed by atoms with Gasteiger partial charge in [0.1, 0.15) is 0 Å². The van der Waals surface area contributed by atoms with Crippen LogP contribution in [0.2, 0.25) is 5.02 Å². The van der Waals surface area contributed by atoms with Crippen LogP contribution in [0, 0.1) is 6.92 Å². The molecule has 0 unspecified atom stereocenters. The Morgan fingerprint density at radius 1 is 1.10 bits per heavy atom. The SMILES string of the molecule is Cc1ccc(S(=O)(=O)Nc2ccc(Cl)cc2C(F)(F)F)cc1C(=O)N1CCCC1. The topological polar surface area (TPSA) is 66.5 Å². The number of nitrogens with one attached hydrogen (secondary N) is 1. The van der Waals surface area contributed by atoms with Crippen molar-refractivity contribution in [3.63, 3.8) is 0 Å². The van der Waals surface area contributed by atoms with E-state index in [1.807, 2.05) is 4.72 Å². The molecule has 3 rings (SSSR count). The van der Waals surface area contributed by atoms with Gasteiger partial charge < -0.3 is 4.90 Å². The van der Waals surface area contributed by atoms with Crippen LogP contribution in [0.1, 0.15) is 34.3 Å². The first-order chi connectivity index (χ1) is 13.5. The molecule has 0 aromatic heterocycles. The second-order valence-electron chi connectivity index (χ2n) is 6.77. The molecular formula is C19H18ClF3N2O3S. The summed E-state index contributed by atoms with van der Waals surface area (Å²) in [6, 6.07) is 6.67. The first kappa shape index (κ1) is 21.4. The Bertz CT molecular complexity index is 1050. The summed E-state index contributed by atoms with van der Waals surface area (Å²) in [7, 11) is -4.37. The maximum Gasteiger partial charge on any atom is 0.418 e. The first-order valence-electron chi connectivity index (χ1n) is 8.78. The number of anilines is 1. The quantitative estimate of drug-likeness (QED) is 0.740. The van der Waals surface area contributed by atoms with Crippen LogP contribution in [-0.2, 0) is 16.2 Å². The lowest BCUT2D eigenvalue weighted by molar-refractivity contribution is -0.136. The Morgan fingerprint density at radius 2 is 1.76 bits per heavy atom. The lowest BCUT2D eigenvalue weighted by Crippen LogP contribution is -2.28. The minimum atomic E-state index is -4.80. The number of hydrogen-bond donors (Lipinski definition) is 1. The largest absolute Gasteiger partial charge is 0.418 e. The van der Waals surface area contributed by atoms with Gasteiger partial charge in [0, 0.05) is 23.7 Å². The molecule has 0 atom stereocenters. The summed E-state index contributed by atoms with van der Waals surface area (Å²) in [5.41, 5.74) is -1.05. The lowest BCUT2D eigenvalue weighted by atomic mass is 10.1. The van der Waals surface area contributed by atoms with E-state index in [0.717, 1.165) is 25.0 Å². The fraction of sp³-hybridized carbons (Fsp3) is 0.316. The highest BCUT2D eigenvalue weighted by atomic mass is 35.5. The molecule has 1 heterocycles. The van der Waals surface area contributed by atoms with Crippen molar-refractivity contribution in [2.45, 2.75) is 30.8 Å². The zero-order valence-electron chi connectivity index (χ0n) is 15.4. The number of halogens is 4. The summed E-state index contributed by atoms with van der Waals surface area (Å²) in [6.07, 6.45) is -3.05. The number of sulfonamides is 1. The van der Waals surface area contributed by atoms with Crippen molar-refractivity contribution >= 4 is 33.2 Å². The minimum absolute atomic E-state index is 0.172. The van der Waals surface area contributed by atoms with E-state index in [1.165, 1.54) is 18.2 Å². The highest BCUT2D eigenvalue weighted by molar-refractivity contribution is 7.92. The summed E-state index contributed by atoms with van der Waals surface area (Å²) in [5, 5.41) is -0.172. The van der Waals surface area contributed by atoms with Crippen molar-refractivity contribution in [1.82, 2.24) is 4.90 Å². The molecule has 0 aliphatic carbocycles. The van der Waals surface area contributed by atoms with Crippen LogP contribution in [0.15, 0.2) is 41.3 Å². The monoisotopic (exact) mass is 446 g/mol. The van der Waals surface area contributed by atoms with Crippen LogP contribution in [0.5, 0.6) is 0 Å². The third-order valence-electron chi connectivity index (χ3n) is 4.67. The molecule has 0 radical (unpaired) electrons. The Hall–Kier alpha value is -2.26. The number of amides is 1. The third-order valence-corrected chi connectivity index (χ3v) is 6.27. The molecule has 0 spiro atoms. The van der Waals surface area contributed by atoms with Crippen molar-refractivity contribution in [1.29, 1.82) is 0 Å². The second-order valence-corrected chi connectivity index (χ2v) is 8.89. The Labute approximate surface area is 171 Å². The van der Waals surface area contributed by atoms with Gasteiger partial charge in [-0.05, 0) is 55.7 Å². The number of nitrogens with zero attached hydrogens (tertiary/aromatic N) is 1. The average molecular weight is 447 g/mol. The Morgan fingerprint density at radius 3 is 2.38 bits per heavy atom. The van der Waals surface area contributed by atoms with Crippen LogP contribution in [0.4, 0.5) is 18.9 Å². The van der Waals surface area contributed by atoms with Gasteiger partial charge in [-0.2, -0.15) is 13.2 Å². The molecule has 1 aliphatic heterocycles. The van der Waals surface area contributed by atoms with Crippen LogP contribution < -0.4 is 4.72 Å². The van der Waals surface area contributed by atoms with Crippen LogP contribution in [0.25, 0.3) is 0 Å². The second kappa shape index (κ2) is 7.87. The predicted molar refractivity (Wildman–Crippen MR) is 104 cm³/mol. The van der Waals surface area contributed by atoms with E-state index < -0.39 is 27.5 Å². The molecule has 2 aromatic carbocycles. The fourth-order valence-corrected chi connectivity index (χ4v) is 4.41. The van der Waals surface area contributed by atoms with Gasteiger partial charge in [0.25, 0.3) is 15.9 Å². The summed E-state index contributed by atoms with van der Waals surface area (Å²) in [6.45, 7) is 2.86. The van der Waals surface area contributed by atoms with Crippen molar-refractivity contribution in [3.05, 3.63) is 58.1 Å². The molecule has 1 N–H and O–H groups in total. The van der Waals surface area contributed by atoms with Crippen molar-refractivity contribution in [2.75, 3.05) is 17.8 Å². The Balaban J connectivity index is 1.97. The highest BCUT2D eigenvalue weighted by Gasteiger charge is 2.35. The molecule has 1 saturated heterocycles. The summed E-state index contributed by atoms with van der Waals surface area (Å²) in [4.78, 5) is 14.0. The molecule has 0 bridgehead atoms. The van der Waals surface area contributed by atoms with E-state index in [1.54, 1.807) is 11.8 Å². The van der Waals surface area contributed by atoms with Gasteiger partial charge in [-0.3, -0.25) is 9.52 Å². The normalized spacial score (nSPS) is 14.9. The van der Waals surface area contributed by atoms with E-state index in [0.29, 0.717) is 24.7 Å². The smallest absolute Gasteiger partial charge is 0.339 e. The molecule has 1 fully saturated rings. The third kappa shape index (κ3) is 4.67. The van der Waals surface area contributed by atoms with Gasteiger partial charge in [-0.1, -0.05) is 17.7 Å². The van der Waals surface area contributed by atoms with Gasteiger partial charge in [0.15, 0.2) is 0 Å². The summed E-state index contributed by atoms with van der Waals surface area (Å²) >= 11 is 5.63. The number of alkyl halides is 3. The molecule has 2 aromatic rings. The van der Waals surface area contributed by atoms with Crippen LogP contribution in [-0.4, -0.2) is 32.3 Å². The fourth-order valence-electron chi connectivity index (χ4n) is 3.13. The zero-order valence-corrected chi connectivity index (χ0v) is 17.0. The predicted octanol–water partition coefficient (Wildman–Crippen LogP) is 4.70. The van der Waals surface area contributed by atoms with E-state index in [2.05, 4.69) is 0 Å². The van der Waals surface area contributed by atoms with Crippen LogP contribution >= 0.6 is 11.6 Å².